The minimum Gasteiger partial charge on any atom is -0.456 e. The van der Waals surface area contributed by atoms with E-state index < -0.39 is 0 Å². The Morgan fingerprint density at radius 2 is 0.887 bits per heavy atom. The van der Waals surface area contributed by atoms with Crippen LogP contribution in [0.3, 0.4) is 0 Å². The van der Waals surface area contributed by atoms with Crippen molar-refractivity contribution in [3.8, 4) is 22.3 Å². The molecule has 0 radical (unpaired) electrons. The van der Waals surface area contributed by atoms with Gasteiger partial charge in [0.1, 0.15) is 22.3 Å². The third-order valence-electron chi connectivity index (χ3n) is 11.4. The molecule has 3 nitrogen and oxygen atoms in total. The lowest BCUT2D eigenvalue weighted by Crippen LogP contribution is -2.22. The summed E-state index contributed by atoms with van der Waals surface area (Å²) in [6.45, 7) is 2.36. The monoisotopic (exact) mass is 679 g/mol. The molecular formula is C50H33NO2. The average molecular weight is 680 g/mol. The fourth-order valence-corrected chi connectivity index (χ4v) is 8.71. The molecule has 8 aromatic carbocycles. The zero-order valence-electron chi connectivity index (χ0n) is 29.1. The van der Waals surface area contributed by atoms with Gasteiger partial charge in [-0.25, -0.2) is 0 Å². The van der Waals surface area contributed by atoms with Crippen LogP contribution in [-0.2, 0) is 5.41 Å². The number of furan rings is 2. The minimum atomic E-state index is -0.266. The highest BCUT2D eigenvalue weighted by Crippen LogP contribution is 2.53. The minimum absolute atomic E-state index is 0.266. The topological polar surface area (TPSA) is 29.5 Å². The van der Waals surface area contributed by atoms with Crippen LogP contribution in [-0.4, -0.2) is 0 Å². The molecule has 0 amide bonds. The molecule has 53 heavy (non-hydrogen) atoms. The molecule has 0 fully saturated rings. The highest BCUT2D eigenvalue weighted by Gasteiger charge is 2.40. The molecule has 0 saturated carbocycles. The zero-order valence-corrected chi connectivity index (χ0v) is 29.1. The Hall–Kier alpha value is -6.84. The second-order valence-electron chi connectivity index (χ2n) is 14.2. The predicted molar refractivity (Wildman–Crippen MR) is 219 cm³/mol. The highest BCUT2D eigenvalue weighted by atomic mass is 16.3. The summed E-state index contributed by atoms with van der Waals surface area (Å²) in [7, 11) is 0. The van der Waals surface area contributed by atoms with Crippen molar-refractivity contribution < 1.29 is 8.83 Å². The average Bonchev–Trinajstić information content (AvgIpc) is 3.86. The van der Waals surface area contributed by atoms with E-state index in [-0.39, 0.29) is 5.41 Å². The van der Waals surface area contributed by atoms with Crippen molar-refractivity contribution in [2.75, 3.05) is 4.90 Å². The van der Waals surface area contributed by atoms with Gasteiger partial charge in [-0.2, -0.15) is 0 Å². The summed E-state index contributed by atoms with van der Waals surface area (Å²) in [6, 6.07) is 65.1. The molecule has 250 valence electrons. The Labute approximate surface area is 307 Å². The first-order valence-corrected chi connectivity index (χ1v) is 18.2. The third-order valence-corrected chi connectivity index (χ3v) is 11.4. The van der Waals surface area contributed by atoms with Gasteiger partial charge in [0.05, 0.1) is 0 Å². The van der Waals surface area contributed by atoms with E-state index in [2.05, 4.69) is 182 Å². The number of nitrogens with zero attached hydrogens (tertiary/aromatic N) is 1. The van der Waals surface area contributed by atoms with Crippen molar-refractivity contribution in [1.29, 1.82) is 0 Å². The van der Waals surface area contributed by atoms with Crippen LogP contribution in [0.15, 0.2) is 191 Å². The van der Waals surface area contributed by atoms with Crippen molar-refractivity contribution in [1.82, 2.24) is 0 Å². The van der Waals surface area contributed by atoms with Gasteiger partial charge in [0.2, 0.25) is 0 Å². The van der Waals surface area contributed by atoms with Crippen molar-refractivity contribution in [2.24, 2.45) is 0 Å². The quantitative estimate of drug-likeness (QED) is 0.181. The van der Waals surface area contributed by atoms with Gasteiger partial charge in [0.25, 0.3) is 0 Å². The predicted octanol–water partition coefficient (Wildman–Crippen LogP) is 14.0. The van der Waals surface area contributed by atoms with Crippen LogP contribution < -0.4 is 4.90 Å². The Morgan fingerprint density at radius 3 is 1.62 bits per heavy atom. The summed E-state index contributed by atoms with van der Waals surface area (Å²) < 4.78 is 12.6. The first-order valence-electron chi connectivity index (χ1n) is 18.2. The van der Waals surface area contributed by atoms with Gasteiger partial charge in [-0.15, -0.1) is 0 Å². The lowest BCUT2D eigenvalue weighted by Gasteiger charge is -2.28. The van der Waals surface area contributed by atoms with Gasteiger partial charge in [-0.1, -0.05) is 109 Å². The molecule has 11 rings (SSSR count). The number of para-hydroxylation sites is 2. The first-order chi connectivity index (χ1) is 26.1. The number of fused-ring (bicyclic) bond motifs is 9. The molecule has 2 aromatic heterocycles. The summed E-state index contributed by atoms with van der Waals surface area (Å²) in [5, 5.41) is 4.48. The molecule has 10 aromatic rings. The largest absolute Gasteiger partial charge is 0.456 e. The molecule has 0 saturated heterocycles. The fourth-order valence-electron chi connectivity index (χ4n) is 8.71. The van der Waals surface area contributed by atoms with E-state index in [1.54, 1.807) is 0 Å². The first kappa shape index (κ1) is 29.8. The van der Waals surface area contributed by atoms with Crippen molar-refractivity contribution >= 4 is 60.9 Å². The maximum absolute atomic E-state index is 6.42. The molecule has 0 spiro atoms. The van der Waals surface area contributed by atoms with E-state index in [4.69, 9.17) is 8.83 Å². The molecule has 0 aliphatic heterocycles. The molecule has 1 aliphatic rings. The number of anilines is 3. The Bertz CT molecular complexity index is 2980. The van der Waals surface area contributed by atoms with Crippen LogP contribution in [0.1, 0.15) is 23.6 Å². The molecule has 0 atom stereocenters. The highest BCUT2D eigenvalue weighted by molar-refractivity contribution is 6.08. The zero-order chi connectivity index (χ0) is 35.1. The van der Waals surface area contributed by atoms with Crippen molar-refractivity contribution in [3.05, 3.63) is 199 Å². The van der Waals surface area contributed by atoms with Crippen LogP contribution >= 0.6 is 0 Å². The van der Waals surface area contributed by atoms with E-state index >= 15 is 0 Å². The van der Waals surface area contributed by atoms with Crippen LogP contribution in [0.25, 0.3) is 66.1 Å². The van der Waals surface area contributed by atoms with Crippen molar-refractivity contribution in [2.45, 2.75) is 12.3 Å². The second kappa shape index (κ2) is 11.3. The van der Waals surface area contributed by atoms with Gasteiger partial charge >= 0.3 is 0 Å². The molecule has 0 bridgehead atoms. The van der Waals surface area contributed by atoms with E-state index in [1.165, 1.54) is 27.8 Å². The van der Waals surface area contributed by atoms with Crippen LogP contribution in [0.4, 0.5) is 17.1 Å². The van der Waals surface area contributed by atoms with Gasteiger partial charge in [-0.3, -0.25) is 0 Å². The van der Waals surface area contributed by atoms with E-state index in [0.717, 1.165) is 72.1 Å². The molecule has 1 aliphatic carbocycles. The van der Waals surface area contributed by atoms with Gasteiger partial charge in [0.15, 0.2) is 0 Å². The van der Waals surface area contributed by atoms with Gasteiger partial charge in [0, 0.05) is 44.0 Å². The van der Waals surface area contributed by atoms with E-state index in [1.807, 2.05) is 12.1 Å². The Kier molecular flexibility index (Phi) is 6.38. The maximum atomic E-state index is 6.42. The molecular weight excluding hydrogens is 647 g/mol. The van der Waals surface area contributed by atoms with Gasteiger partial charge < -0.3 is 13.7 Å². The van der Waals surface area contributed by atoms with E-state index in [9.17, 15) is 0 Å². The van der Waals surface area contributed by atoms with Crippen LogP contribution in [0, 0.1) is 0 Å². The summed E-state index contributed by atoms with van der Waals surface area (Å²) >= 11 is 0. The SMILES string of the molecule is CC1(c2ccc3oc4ccc(-c5ccc(N(c6ccccc6)c6ccc7oc8ccccc8c7c6)cc5)cc4c3c2)c2ccccc2-c2ccccc21. The smallest absolute Gasteiger partial charge is 0.135 e. The maximum Gasteiger partial charge on any atom is 0.135 e. The van der Waals surface area contributed by atoms with Crippen LogP contribution in [0.2, 0.25) is 0 Å². The lowest BCUT2D eigenvalue weighted by molar-refractivity contribution is 0.667. The molecule has 0 N–H and O–H groups in total. The van der Waals surface area contributed by atoms with Gasteiger partial charge in [-0.05, 0) is 119 Å². The lowest BCUT2D eigenvalue weighted by atomic mass is 9.74. The number of rotatable bonds is 5. The summed E-state index contributed by atoms with van der Waals surface area (Å²) in [5.74, 6) is 0. The fraction of sp³-hybridized carbons (Fsp3) is 0.0400. The standard InChI is InChI=1S/C50H33NO2/c1-50(44-16-8-5-13-38(44)39-14-6-9-17-45(39)50)34-22-27-48-42(30-34)41-29-33(21-26-47(41)53-48)32-19-23-36(24-20-32)51(35-11-3-2-4-12-35)37-25-28-49-43(31-37)40-15-7-10-18-46(40)52-49/h2-31H,1H3. The number of hydrogen-bond donors (Lipinski definition) is 0. The summed E-state index contributed by atoms with van der Waals surface area (Å²) in [4.78, 5) is 2.30. The number of hydrogen-bond acceptors (Lipinski definition) is 3. The third kappa shape index (κ3) is 4.47. The summed E-state index contributed by atoms with van der Waals surface area (Å²) in [5.41, 5.74) is 15.5. The second-order valence-corrected chi connectivity index (χ2v) is 14.2. The molecule has 3 heteroatoms. The normalized spacial score (nSPS) is 13.2. The Morgan fingerprint density at radius 1 is 0.377 bits per heavy atom. The van der Waals surface area contributed by atoms with Crippen LogP contribution in [0.5, 0.6) is 0 Å². The van der Waals surface area contributed by atoms with E-state index in [0.29, 0.717) is 0 Å². The summed E-state index contributed by atoms with van der Waals surface area (Å²) in [6.07, 6.45) is 0. The molecule has 0 unspecified atom stereocenters. The Balaban J connectivity index is 0.995. The molecule has 2 heterocycles. The number of benzene rings is 8. The van der Waals surface area contributed by atoms with Crippen molar-refractivity contribution in [3.63, 3.8) is 0 Å².